The number of esters is 1. The molecule has 0 aliphatic heterocycles. The maximum absolute atomic E-state index is 11.3. The Labute approximate surface area is 96.2 Å². The van der Waals surface area contributed by atoms with E-state index in [1.54, 1.807) is 13.8 Å². The Kier molecular flexibility index (Phi) is 6.72. The number of hydrogen-bond acceptors (Lipinski definition) is 4. The van der Waals surface area contributed by atoms with Crippen LogP contribution in [0.15, 0.2) is 0 Å². The summed E-state index contributed by atoms with van der Waals surface area (Å²) >= 11 is 0. The molecular formula is C11H21NO4. The van der Waals surface area contributed by atoms with Gasteiger partial charge in [0.1, 0.15) is 12.1 Å². The number of aliphatic carboxylic acids is 1. The SMILES string of the molecule is CCOC(=O)[C@@H](C)N[C@@H](CC(C)C)C(=O)O. The fraction of sp³-hybridized carbons (Fsp3) is 0.818. The van der Waals surface area contributed by atoms with Crippen molar-refractivity contribution in [3.8, 4) is 0 Å². The second-order valence-electron chi connectivity index (χ2n) is 4.16. The lowest BCUT2D eigenvalue weighted by molar-refractivity contribution is -0.146. The van der Waals surface area contributed by atoms with E-state index in [9.17, 15) is 9.59 Å². The maximum Gasteiger partial charge on any atom is 0.322 e. The molecule has 0 aromatic rings. The molecule has 0 aromatic carbocycles. The molecular weight excluding hydrogens is 210 g/mol. The van der Waals surface area contributed by atoms with Crippen LogP contribution in [0.4, 0.5) is 0 Å². The van der Waals surface area contributed by atoms with E-state index in [4.69, 9.17) is 9.84 Å². The van der Waals surface area contributed by atoms with E-state index < -0.39 is 24.0 Å². The van der Waals surface area contributed by atoms with Crippen LogP contribution < -0.4 is 5.32 Å². The average molecular weight is 231 g/mol. The molecule has 0 spiro atoms. The summed E-state index contributed by atoms with van der Waals surface area (Å²) in [6.45, 7) is 7.49. The lowest BCUT2D eigenvalue weighted by Gasteiger charge is -2.20. The fourth-order valence-corrected chi connectivity index (χ4v) is 1.35. The van der Waals surface area contributed by atoms with E-state index in [0.29, 0.717) is 13.0 Å². The number of carboxylic acid groups (broad SMARTS) is 1. The first kappa shape index (κ1) is 14.9. The Morgan fingerprint density at radius 3 is 2.25 bits per heavy atom. The Hall–Kier alpha value is -1.10. The predicted molar refractivity (Wildman–Crippen MR) is 60.1 cm³/mol. The second kappa shape index (κ2) is 7.22. The number of hydrogen-bond donors (Lipinski definition) is 2. The number of ether oxygens (including phenoxy) is 1. The minimum absolute atomic E-state index is 0.253. The van der Waals surface area contributed by atoms with Crippen LogP contribution in [-0.4, -0.2) is 35.7 Å². The van der Waals surface area contributed by atoms with Gasteiger partial charge >= 0.3 is 11.9 Å². The molecule has 94 valence electrons. The van der Waals surface area contributed by atoms with E-state index in [1.807, 2.05) is 13.8 Å². The molecule has 0 saturated heterocycles. The van der Waals surface area contributed by atoms with Gasteiger partial charge in [0.05, 0.1) is 6.61 Å². The van der Waals surface area contributed by atoms with E-state index in [1.165, 1.54) is 0 Å². The van der Waals surface area contributed by atoms with Crippen molar-refractivity contribution in [2.75, 3.05) is 6.61 Å². The van der Waals surface area contributed by atoms with Crippen LogP contribution in [0.2, 0.25) is 0 Å². The van der Waals surface area contributed by atoms with Crippen molar-refractivity contribution in [2.24, 2.45) is 5.92 Å². The third-order valence-electron chi connectivity index (χ3n) is 2.10. The third-order valence-corrected chi connectivity index (χ3v) is 2.10. The van der Waals surface area contributed by atoms with Crippen LogP contribution in [0.3, 0.4) is 0 Å². The van der Waals surface area contributed by atoms with Crippen LogP contribution >= 0.6 is 0 Å². The summed E-state index contributed by atoms with van der Waals surface area (Å²) < 4.78 is 4.79. The Morgan fingerprint density at radius 2 is 1.88 bits per heavy atom. The summed E-state index contributed by atoms with van der Waals surface area (Å²) in [5, 5.41) is 11.7. The molecule has 0 aliphatic rings. The van der Waals surface area contributed by atoms with E-state index in [2.05, 4.69) is 5.32 Å². The zero-order chi connectivity index (χ0) is 12.7. The second-order valence-corrected chi connectivity index (χ2v) is 4.16. The first-order valence-electron chi connectivity index (χ1n) is 5.54. The summed E-state index contributed by atoms with van der Waals surface area (Å²) in [4.78, 5) is 22.2. The predicted octanol–water partition coefficient (Wildman–Crippen LogP) is 1.03. The molecule has 0 radical (unpaired) electrons. The first-order chi connectivity index (χ1) is 7.38. The minimum atomic E-state index is -0.940. The van der Waals surface area contributed by atoms with Gasteiger partial charge in [-0.05, 0) is 26.2 Å². The number of carbonyl (C=O) groups excluding carboxylic acids is 1. The molecule has 0 heterocycles. The summed E-state index contributed by atoms with van der Waals surface area (Å²) in [6.07, 6.45) is 0.485. The Morgan fingerprint density at radius 1 is 1.31 bits per heavy atom. The molecule has 0 fully saturated rings. The van der Waals surface area contributed by atoms with Crippen LogP contribution in [0, 0.1) is 5.92 Å². The molecule has 0 rings (SSSR count). The molecule has 5 heteroatoms. The van der Waals surface area contributed by atoms with Crippen molar-refractivity contribution >= 4 is 11.9 Å². The molecule has 0 bridgehead atoms. The highest BCUT2D eigenvalue weighted by atomic mass is 16.5. The van der Waals surface area contributed by atoms with E-state index >= 15 is 0 Å². The van der Waals surface area contributed by atoms with Crippen molar-refractivity contribution in [1.29, 1.82) is 0 Å². The summed E-state index contributed by atoms with van der Waals surface area (Å²) in [7, 11) is 0. The largest absolute Gasteiger partial charge is 0.480 e. The number of carboxylic acids is 1. The van der Waals surface area contributed by atoms with Crippen molar-refractivity contribution in [1.82, 2.24) is 5.32 Å². The topological polar surface area (TPSA) is 75.6 Å². The van der Waals surface area contributed by atoms with Gasteiger partial charge in [-0.25, -0.2) is 0 Å². The van der Waals surface area contributed by atoms with Gasteiger partial charge < -0.3 is 9.84 Å². The molecule has 0 amide bonds. The van der Waals surface area contributed by atoms with Crippen LogP contribution in [0.5, 0.6) is 0 Å². The monoisotopic (exact) mass is 231 g/mol. The lowest BCUT2D eigenvalue weighted by Crippen LogP contribution is -2.46. The van der Waals surface area contributed by atoms with Crippen LogP contribution in [0.1, 0.15) is 34.1 Å². The van der Waals surface area contributed by atoms with Crippen LogP contribution in [-0.2, 0) is 14.3 Å². The average Bonchev–Trinajstić information content (AvgIpc) is 2.16. The normalized spacial score (nSPS) is 14.6. The van der Waals surface area contributed by atoms with Crippen LogP contribution in [0.25, 0.3) is 0 Å². The van der Waals surface area contributed by atoms with E-state index in [0.717, 1.165) is 0 Å². The summed E-state index contributed by atoms with van der Waals surface area (Å²) in [5.41, 5.74) is 0. The standard InChI is InChI=1S/C11H21NO4/c1-5-16-11(15)8(4)12-9(10(13)14)6-7(2)3/h7-9,12H,5-6H2,1-4H3,(H,13,14)/t8-,9+/m1/s1. The van der Waals surface area contributed by atoms with Gasteiger partial charge in [0.25, 0.3) is 0 Å². The zero-order valence-corrected chi connectivity index (χ0v) is 10.3. The van der Waals surface area contributed by atoms with Gasteiger partial charge in [-0.2, -0.15) is 0 Å². The van der Waals surface area contributed by atoms with Crippen molar-refractivity contribution in [2.45, 2.75) is 46.2 Å². The summed E-state index contributed by atoms with van der Waals surface area (Å²) in [6, 6.07) is -1.31. The van der Waals surface area contributed by atoms with Gasteiger partial charge in [-0.1, -0.05) is 13.8 Å². The molecule has 0 unspecified atom stereocenters. The molecule has 0 aromatic heterocycles. The van der Waals surface area contributed by atoms with Crippen molar-refractivity contribution < 1.29 is 19.4 Å². The van der Waals surface area contributed by atoms with Gasteiger partial charge in [0, 0.05) is 0 Å². The zero-order valence-electron chi connectivity index (χ0n) is 10.3. The highest BCUT2D eigenvalue weighted by molar-refractivity contribution is 5.78. The highest BCUT2D eigenvalue weighted by Crippen LogP contribution is 2.06. The van der Waals surface area contributed by atoms with E-state index in [-0.39, 0.29) is 5.92 Å². The van der Waals surface area contributed by atoms with Gasteiger partial charge in [0.2, 0.25) is 0 Å². The summed E-state index contributed by atoms with van der Waals surface area (Å²) in [5.74, 6) is -1.11. The molecule has 5 nitrogen and oxygen atoms in total. The molecule has 2 atom stereocenters. The highest BCUT2D eigenvalue weighted by Gasteiger charge is 2.24. The minimum Gasteiger partial charge on any atom is -0.480 e. The lowest BCUT2D eigenvalue weighted by atomic mass is 10.0. The molecule has 0 aliphatic carbocycles. The molecule has 0 saturated carbocycles. The number of rotatable bonds is 7. The Bertz CT molecular complexity index is 240. The van der Waals surface area contributed by atoms with Gasteiger partial charge in [-0.3, -0.25) is 14.9 Å². The fourth-order valence-electron chi connectivity index (χ4n) is 1.35. The third kappa shape index (κ3) is 5.70. The number of nitrogens with one attached hydrogen (secondary N) is 1. The smallest absolute Gasteiger partial charge is 0.322 e. The van der Waals surface area contributed by atoms with Crippen molar-refractivity contribution in [3.63, 3.8) is 0 Å². The maximum atomic E-state index is 11.3. The van der Waals surface area contributed by atoms with Crippen molar-refractivity contribution in [3.05, 3.63) is 0 Å². The van der Waals surface area contributed by atoms with Gasteiger partial charge in [-0.15, -0.1) is 0 Å². The number of carbonyl (C=O) groups is 2. The molecule has 2 N–H and O–H groups in total. The molecule has 16 heavy (non-hydrogen) atoms. The quantitative estimate of drug-likeness (QED) is 0.640. The first-order valence-corrected chi connectivity index (χ1v) is 5.54. The Balaban J connectivity index is 4.28. The van der Waals surface area contributed by atoms with Gasteiger partial charge in [0.15, 0.2) is 0 Å².